The largest absolute Gasteiger partial charge is 0.495 e. The maximum Gasteiger partial charge on any atom is 0.332 e. The van der Waals surface area contributed by atoms with Crippen molar-refractivity contribution in [2.45, 2.75) is 128 Å². The molecule has 3 rings (SSSR count). The lowest BCUT2D eigenvalue weighted by atomic mass is 10.2. The Kier molecular flexibility index (Phi) is 41.1. The van der Waals surface area contributed by atoms with Crippen LogP contribution in [0.2, 0.25) is 0 Å². The van der Waals surface area contributed by atoms with Crippen molar-refractivity contribution >= 4 is 101 Å². The fourth-order valence-corrected chi connectivity index (χ4v) is 8.92. The lowest BCUT2D eigenvalue weighted by Crippen LogP contribution is -2.53. The number of rotatable bonds is 50. The first kappa shape index (κ1) is 90.8. The third-order valence-corrected chi connectivity index (χ3v) is 15.2. The summed E-state index contributed by atoms with van der Waals surface area (Å²) >= 11 is 0. The van der Waals surface area contributed by atoms with Crippen LogP contribution in [0.3, 0.4) is 0 Å². The molecular weight excluding hydrogens is 1390 g/mol. The number of carbonyl (C=O) groups excluding carboxylic acids is 8. The minimum absolute atomic E-state index is 0.0157. The maximum atomic E-state index is 15.6. The van der Waals surface area contributed by atoms with Gasteiger partial charge < -0.3 is 77.3 Å². The monoisotopic (exact) mass is 1500 g/mol. The van der Waals surface area contributed by atoms with E-state index in [9.17, 15) is 38.7 Å². The van der Waals surface area contributed by atoms with Gasteiger partial charge in [0.2, 0.25) is 83.1 Å². The minimum Gasteiger partial charge on any atom is -0.495 e. The second-order valence-corrected chi connectivity index (χ2v) is 23.7. The first-order chi connectivity index (χ1) is 50.6. The molecule has 0 aliphatic rings. The van der Waals surface area contributed by atoms with Crippen molar-refractivity contribution in [3.05, 3.63) is 12.5 Å². The third-order valence-electron chi connectivity index (χ3n) is 15.2. The average molecular weight is 1500 g/mol. The molecule has 0 unspecified atom stereocenters. The summed E-state index contributed by atoms with van der Waals surface area (Å²) < 4.78 is 46.6. The number of anilines is 9. The molecule has 41 nitrogen and oxygen atoms in total. The molecule has 3 aromatic rings. The topological polar surface area (TPSA) is 395 Å². The van der Waals surface area contributed by atoms with Gasteiger partial charge in [0.1, 0.15) is 87.4 Å². The number of methoxy groups -OCH3 is 1. The fraction of sp³-hybridized carbons (Fsp3) is 0.708. The number of ether oxygens (including phenoxy) is 8. The molecule has 0 atom stereocenters. The second-order valence-electron chi connectivity index (χ2n) is 23.7. The van der Waals surface area contributed by atoms with Crippen LogP contribution in [0.15, 0.2) is 12.5 Å². The highest BCUT2D eigenvalue weighted by Crippen LogP contribution is 2.25. The first-order valence-electron chi connectivity index (χ1n) is 35.2. The summed E-state index contributed by atoms with van der Waals surface area (Å²) in [5.41, 5.74) is 0. The summed E-state index contributed by atoms with van der Waals surface area (Å²) in [5, 5.41) is 11.5. The van der Waals surface area contributed by atoms with Gasteiger partial charge in [0.15, 0.2) is 5.88 Å². The molecule has 11 amide bonds. The van der Waals surface area contributed by atoms with Crippen LogP contribution in [0, 0.1) is 0 Å². The molecule has 0 fully saturated rings. The van der Waals surface area contributed by atoms with Gasteiger partial charge in [-0.05, 0) is 61.0 Å². The Balaban J connectivity index is 2.34. The summed E-state index contributed by atoms with van der Waals surface area (Å²) in [6, 6.07) is -2.64. The molecule has 0 saturated heterocycles. The number of carbonyl (C=O) groups is 8. The summed E-state index contributed by atoms with van der Waals surface area (Å²) in [6.07, 6.45) is 2.35. The first-order valence-corrected chi connectivity index (χ1v) is 35.2. The number of urea groups is 3. The second kappa shape index (κ2) is 47.9. The molecule has 596 valence electrons. The number of aliphatic hydroxyl groups excluding tert-OH is 1. The zero-order valence-corrected chi connectivity index (χ0v) is 65.5. The number of aromatic nitrogens is 9. The minimum atomic E-state index is -1.02. The summed E-state index contributed by atoms with van der Waals surface area (Å²) in [7, 11) is 11.2. The van der Waals surface area contributed by atoms with Crippen LogP contribution < -0.4 is 44.1 Å². The molecular formula is C65H114N24O17. The Morgan fingerprint density at radius 3 is 1.26 bits per heavy atom. The van der Waals surface area contributed by atoms with Crippen LogP contribution in [0.4, 0.5) is 67.9 Å². The summed E-state index contributed by atoms with van der Waals surface area (Å²) in [4.78, 5) is 173. The Hall–Kier alpha value is -9.39. The van der Waals surface area contributed by atoms with E-state index in [0.29, 0.717) is 39.0 Å². The van der Waals surface area contributed by atoms with Gasteiger partial charge in [0.05, 0.1) is 0 Å². The third kappa shape index (κ3) is 28.2. The van der Waals surface area contributed by atoms with Gasteiger partial charge in [-0.3, -0.25) is 48.5 Å². The predicted molar refractivity (Wildman–Crippen MR) is 394 cm³/mol. The van der Waals surface area contributed by atoms with Crippen molar-refractivity contribution < 1.29 is 81.4 Å². The molecule has 0 aromatic carbocycles. The highest BCUT2D eigenvalue weighted by atomic mass is 16.5. The molecule has 0 bridgehead atoms. The maximum absolute atomic E-state index is 15.6. The zero-order chi connectivity index (χ0) is 79.2. The molecule has 0 spiro atoms. The highest BCUT2D eigenvalue weighted by molar-refractivity contribution is 5.96. The Bertz CT molecular complexity index is 3230. The normalized spacial score (nSPS) is 11.0. The lowest BCUT2D eigenvalue weighted by Gasteiger charge is -2.34. The van der Waals surface area contributed by atoms with E-state index < -0.39 is 93.8 Å². The highest BCUT2D eigenvalue weighted by Gasteiger charge is 2.34. The summed E-state index contributed by atoms with van der Waals surface area (Å²) in [6.45, 7) is 20.3. The van der Waals surface area contributed by atoms with Crippen LogP contribution in [0.1, 0.15) is 128 Å². The van der Waals surface area contributed by atoms with Gasteiger partial charge in [-0.2, -0.15) is 44.9 Å². The lowest BCUT2D eigenvalue weighted by molar-refractivity contribution is -0.137. The number of aliphatic hydroxyl groups is 1. The number of unbranched alkanes of at least 4 members (excludes halogenated alkanes) is 2. The van der Waals surface area contributed by atoms with Crippen molar-refractivity contribution in [3.8, 4) is 0 Å². The smallest absolute Gasteiger partial charge is 0.332 e. The van der Waals surface area contributed by atoms with Gasteiger partial charge in [0.25, 0.3) is 0 Å². The van der Waals surface area contributed by atoms with Gasteiger partial charge in [-0.1, -0.05) is 40.5 Å². The predicted octanol–water partition coefficient (Wildman–Crippen LogP) is 4.69. The van der Waals surface area contributed by atoms with Crippen molar-refractivity contribution in [2.75, 3.05) is 227 Å². The Morgan fingerprint density at radius 2 is 0.774 bits per heavy atom. The van der Waals surface area contributed by atoms with Crippen molar-refractivity contribution in [3.63, 3.8) is 0 Å². The van der Waals surface area contributed by atoms with Crippen LogP contribution >= 0.6 is 0 Å². The molecule has 3 aromatic heterocycles. The van der Waals surface area contributed by atoms with E-state index in [1.165, 1.54) is 66.5 Å². The summed E-state index contributed by atoms with van der Waals surface area (Å²) in [5.74, 6) is -3.55. The molecule has 1 N–H and O–H groups in total. The fourth-order valence-electron chi connectivity index (χ4n) is 8.92. The molecule has 0 aliphatic heterocycles. The Labute approximate surface area is 622 Å². The number of imide groups is 3. The van der Waals surface area contributed by atoms with Gasteiger partial charge in [0, 0.05) is 129 Å². The average Bonchev–Trinajstić information content (AvgIpc) is 0.792. The molecule has 106 heavy (non-hydrogen) atoms. The van der Waals surface area contributed by atoms with Gasteiger partial charge in [-0.25, -0.2) is 29.1 Å². The van der Waals surface area contributed by atoms with Crippen molar-refractivity contribution in [2.24, 2.45) is 0 Å². The van der Waals surface area contributed by atoms with E-state index in [-0.39, 0.29) is 146 Å². The van der Waals surface area contributed by atoms with E-state index >= 15 is 4.79 Å². The van der Waals surface area contributed by atoms with Gasteiger partial charge >= 0.3 is 18.1 Å². The van der Waals surface area contributed by atoms with E-state index in [1.807, 2.05) is 27.7 Å². The number of hydrogen-bond acceptors (Lipinski definition) is 33. The van der Waals surface area contributed by atoms with E-state index in [0.717, 1.165) is 35.8 Å². The SMILES string of the molecule is C=C(O)N(CN(C)C(=O)N(COCC)C(=O)CCCC)c1nc(N(C)COCN(C(C)=O)c2nc(N(C)C)nc(N(C)C)n2)nc(N(CC)CN(C(=O)CC)C(=O)N(COCN(C(=O)CC)C(=O)N(COCC)COCCCC)COCN(CC)c2nc(N(CC)COCC)nc(N(COC)C(C)=O)n2)n1. The standard InChI is InChI=1S/C65H114N24O17/c1-21-31-33-53(95)89(46-102-30-10)63(96)77(18)35-84(48(11)90)60-70-56(78(19)37-104-45-87(50(13)92)61-67-54(75(14)15)66-55(68-61)76(16)17)69-57(72-60)79(25-5)36-85(51(93)23-3)64(97)83(43-106-47-88(52(94)24-4)65(98)82(40-101-29-9)41-103-34-32-22-2)42-105-39-81(27-7)59-71-58(80(26-6)38-100-28-8)73-62(74-59)86(44-99-20)49(12)91/h90H,11,21-47H2,1-10,12-20H3. The van der Waals surface area contributed by atoms with E-state index in [2.05, 4.69) is 31.5 Å². The van der Waals surface area contributed by atoms with Gasteiger partial charge in [-0.15, -0.1) is 0 Å². The van der Waals surface area contributed by atoms with Crippen LogP contribution in [-0.2, 0) is 61.9 Å². The molecule has 0 aliphatic carbocycles. The van der Waals surface area contributed by atoms with Crippen LogP contribution in [0.5, 0.6) is 0 Å². The molecule has 0 radical (unpaired) electrons. The Morgan fingerprint density at radius 1 is 0.387 bits per heavy atom. The van der Waals surface area contributed by atoms with E-state index in [1.54, 1.807) is 82.4 Å². The number of amides is 11. The quantitative estimate of drug-likeness (QED) is 0.0455. The molecule has 41 heteroatoms. The number of hydrogen-bond donors (Lipinski definition) is 1. The molecule has 3 heterocycles. The van der Waals surface area contributed by atoms with Crippen molar-refractivity contribution in [1.29, 1.82) is 0 Å². The van der Waals surface area contributed by atoms with Crippen LogP contribution in [0.25, 0.3) is 0 Å². The molecule has 0 saturated carbocycles. The van der Waals surface area contributed by atoms with Crippen molar-refractivity contribution in [1.82, 2.24) is 74.3 Å². The van der Waals surface area contributed by atoms with E-state index in [4.69, 9.17) is 57.8 Å². The number of nitrogens with zero attached hydrogens (tertiary/aromatic N) is 24. The van der Waals surface area contributed by atoms with Crippen LogP contribution in [-0.4, -0.2) is 310 Å². The zero-order valence-electron chi connectivity index (χ0n) is 65.5.